The number of nitrogens with one attached hydrogen (secondary N) is 1. The molecule has 2 atom stereocenters. The molecule has 0 aromatic heterocycles. The molecule has 1 N–H and O–H groups in total. The second kappa shape index (κ2) is 5.58. The first-order valence-electron chi connectivity index (χ1n) is 6.31. The third kappa shape index (κ3) is 2.83. The van der Waals surface area contributed by atoms with Crippen molar-refractivity contribution in [2.24, 2.45) is 5.92 Å². The summed E-state index contributed by atoms with van der Waals surface area (Å²) in [5.74, 6) is 1.15. The van der Waals surface area contributed by atoms with Crippen LogP contribution in [0.25, 0.3) is 0 Å². The highest BCUT2D eigenvalue weighted by atomic mass is 19.3. The van der Waals surface area contributed by atoms with E-state index in [4.69, 9.17) is 0 Å². The topological polar surface area (TPSA) is 12.0 Å². The number of hydrogen-bond acceptors (Lipinski definition) is 1. The summed E-state index contributed by atoms with van der Waals surface area (Å²) in [7, 11) is 0. The van der Waals surface area contributed by atoms with E-state index < -0.39 is 6.43 Å². The second-order valence-electron chi connectivity index (χ2n) is 4.73. The van der Waals surface area contributed by atoms with Gasteiger partial charge in [0.25, 0.3) is 6.43 Å². The number of benzene rings is 1. The van der Waals surface area contributed by atoms with Crippen LogP contribution >= 0.6 is 0 Å². The molecule has 0 amide bonds. The lowest BCUT2D eigenvalue weighted by atomic mass is 9.80. The number of piperidine rings is 1. The monoisotopic (exact) mass is 239 g/mol. The van der Waals surface area contributed by atoms with Crippen molar-refractivity contribution < 1.29 is 8.78 Å². The highest BCUT2D eigenvalue weighted by molar-refractivity contribution is 5.27. The van der Waals surface area contributed by atoms with Crippen LogP contribution in [0.3, 0.4) is 0 Å². The molecule has 1 fully saturated rings. The molecule has 2 unspecified atom stereocenters. The molecule has 3 heteroatoms. The summed E-state index contributed by atoms with van der Waals surface area (Å²) in [4.78, 5) is 0. The Kier molecular flexibility index (Phi) is 4.11. The Morgan fingerprint density at radius 2 is 2.00 bits per heavy atom. The molecule has 0 bridgehead atoms. The molecule has 0 radical (unpaired) electrons. The molecular weight excluding hydrogens is 220 g/mol. The Bertz CT molecular complexity index is 348. The molecule has 17 heavy (non-hydrogen) atoms. The van der Waals surface area contributed by atoms with E-state index in [-0.39, 0.29) is 5.56 Å². The van der Waals surface area contributed by atoms with Crippen molar-refractivity contribution >= 4 is 0 Å². The van der Waals surface area contributed by atoms with Crippen LogP contribution in [0, 0.1) is 5.92 Å². The highest BCUT2D eigenvalue weighted by Crippen LogP contribution is 2.33. The maximum absolute atomic E-state index is 12.5. The lowest BCUT2D eigenvalue weighted by Crippen LogP contribution is -2.35. The molecule has 1 aliphatic rings. The molecule has 1 saturated heterocycles. The lowest BCUT2D eigenvalue weighted by Gasteiger charge is -2.32. The normalized spacial score (nSPS) is 25.2. The zero-order valence-electron chi connectivity index (χ0n) is 10.1. The number of alkyl halides is 2. The first-order chi connectivity index (χ1) is 8.22. The number of hydrogen-bond donors (Lipinski definition) is 1. The predicted molar refractivity (Wildman–Crippen MR) is 65.4 cm³/mol. The van der Waals surface area contributed by atoms with Gasteiger partial charge in [-0.15, -0.1) is 0 Å². The standard InChI is InChI=1S/C14H19F2N/c1-2-10-9-17-8-7-13(10)11-3-5-12(6-4-11)14(15)16/h3-6,10,13-14,17H,2,7-9H2,1H3. The van der Waals surface area contributed by atoms with Gasteiger partial charge in [-0.25, -0.2) is 8.78 Å². The van der Waals surface area contributed by atoms with Crippen LogP contribution in [-0.2, 0) is 0 Å². The summed E-state index contributed by atoms with van der Waals surface area (Å²) in [5, 5.41) is 3.40. The van der Waals surface area contributed by atoms with Gasteiger partial charge in [0, 0.05) is 5.56 Å². The highest BCUT2D eigenvalue weighted by Gasteiger charge is 2.24. The molecule has 1 nitrogen and oxygen atoms in total. The fraction of sp³-hybridized carbons (Fsp3) is 0.571. The van der Waals surface area contributed by atoms with Gasteiger partial charge in [-0.2, -0.15) is 0 Å². The van der Waals surface area contributed by atoms with Crippen LogP contribution in [0.4, 0.5) is 8.78 Å². The predicted octanol–water partition coefficient (Wildman–Crippen LogP) is 3.73. The van der Waals surface area contributed by atoms with E-state index >= 15 is 0 Å². The lowest BCUT2D eigenvalue weighted by molar-refractivity contribution is 0.151. The summed E-state index contributed by atoms with van der Waals surface area (Å²) in [6, 6.07) is 6.88. The van der Waals surface area contributed by atoms with Crippen LogP contribution in [-0.4, -0.2) is 13.1 Å². The van der Waals surface area contributed by atoms with Gasteiger partial charge in [0.05, 0.1) is 0 Å². The van der Waals surface area contributed by atoms with Gasteiger partial charge in [0.2, 0.25) is 0 Å². The van der Waals surface area contributed by atoms with Crippen molar-refractivity contribution in [2.75, 3.05) is 13.1 Å². The minimum Gasteiger partial charge on any atom is -0.316 e. The molecule has 1 aliphatic heterocycles. The van der Waals surface area contributed by atoms with Crippen LogP contribution < -0.4 is 5.32 Å². The van der Waals surface area contributed by atoms with Crippen LogP contribution in [0.1, 0.15) is 43.2 Å². The van der Waals surface area contributed by atoms with Crippen LogP contribution in [0.2, 0.25) is 0 Å². The van der Waals surface area contributed by atoms with Crippen molar-refractivity contribution in [3.63, 3.8) is 0 Å². The second-order valence-corrected chi connectivity index (χ2v) is 4.73. The molecule has 94 valence electrons. The van der Waals surface area contributed by atoms with E-state index in [2.05, 4.69) is 12.2 Å². The Hall–Kier alpha value is -0.960. The van der Waals surface area contributed by atoms with E-state index in [1.165, 1.54) is 5.56 Å². The van der Waals surface area contributed by atoms with E-state index in [1.54, 1.807) is 12.1 Å². The Morgan fingerprint density at radius 1 is 1.29 bits per heavy atom. The van der Waals surface area contributed by atoms with E-state index in [0.717, 1.165) is 25.9 Å². The van der Waals surface area contributed by atoms with Gasteiger partial charge in [0.15, 0.2) is 0 Å². The van der Waals surface area contributed by atoms with Gasteiger partial charge in [-0.1, -0.05) is 37.6 Å². The molecule has 1 aromatic carbocycles. The smallest absolute Gasteiger partial charge is 0.263 e. The fourth-order valence-corrected chi connectivity index (χ4v) is 2.68. The van der Waals surface area contributed by atoms with Gasteiger partial charge in [-0.3, -0.25) is 0 Å². The van der Waals surface area contributed by atoms with Crippen LogP contribution in [0.5, 0.6) is 0 Å². The quantitative estimate of drug-likeness (QED) is 0.847. The van der Waals surface area contributed by atoms with E-state index in [9.17, 15) is 8.78 Å². The first-order valence-corrected chi connectivity index (χ1v) is 6.31. The summed E-state index contributed by atoms with van der Waals surface area (Å²) >= 11 is 0. The fourth-order valence-electron chi connectivity index (χ4n) is 2.68. The zero-order chi connectivity index (χ0) is 12.3. The minimum absolute atomic E-state index is 0.121. The van der Waals surface area contributed by atoms with Gasteiger partial charge < -0.3 is 5.32 Å². The Labute approximate surface area is 101 Å². The average molecular weight is 239 g/mol. The SMILES string of the molecule is CCC1CNCCC1c1ccc(C(F)F)cc1. The summed E-state index contributed by atoms with van der Waals surface area (Å²) in [6.07, 6.45) is -0.125. The zero-order valence-corrected chi connectivity index (χ0v) is 10.1. The van der Waals surface area contributed by atoms with Crippen molar-refractivity contribution in [1.82, 2.24) is 5.32 Å². The average Bonchev–Trinajstić information content (AvgIpc) is 2.39. The Morgan fingerprint density at radius 3 is 2.59 bits per heavy atom. The van der Waals surface area contributed by atoms with Crippen molar-refractivity contribution in [2.45, 2.75) is 32.1 Å². The molecule has 1 heterocycles. The maximum Gasteiger partial charge on any atom is 0.263 e. The summed E-state index contributed by atoms with van der Waals surface area (Å²) < 4.78 is 24.9. The van der Waals surface area contributed by atoms with Crippen molar-refractivity contribution in [3.05, 3.63) is 35.4 Å². The molecule has 0 spiro atoms. The number of halogens is 2. The van der Waals surface area contributed by atoms with Crippen LogP contribution in [0.15, 0.2) is 24.3 Å². The Balaban J connectivity index is 2.15. The summed E-state index contributed by atoms with van der Waals surface area (Å²) in [6.45, 7) is 4.26. The maximum atomic E-state index is 12.5. The van der Waals surface area contributed by atoms with Gasteiger partial charge >= 0.3 is 0 Å². The van der Waals surface area contributed by atoms with Crippen molar-refractivity contribution in [1.29, 1.82) is 0 Å². The third-order valence-electron chi connectivity index (χ3n) is 3.75. The molecule has 1 aromatic rings. The van der Waals surface area contributed by atoms with E-state index in [1.807, 2.05) is 12.1 Å². The third-order valence-corrected chi connectivity index (χ3v) is 3.75. The number of rotatable bonds is 3. The van der Waals surface area contributed by atoms with Gasteiger partial charge in [0.1, 0.15) is 0 Å². The van der Waals surface area contributed by atoms with Gasteiger partial charge in [-0.05, 0) is 36.9 Å². The minimum atomic E-state index is -2.36. The molecule has 2 rings (SSSR count). The molecule has 0 aliphatic carbocycles. The first kappa shape index (κ1) is 12.5. The molecular formula is C14H19F2N. The van der Waals surface area contributed by atoms with E-state index in [0.29, 0.717) is 11.8 Å². The summed E-state index contributed by atoms with van der Waals surface area (Å²) in [5.41, 5.74) is 1.33. The molecule has 0 saturated carbocycles. The van der Waals surface area contributed by atoms with Crippen molar-refractivity contribution in [3.8, 4) is 0 Å². The largest absolute Gasteiger partial charge is 0.316 e.